The molecule has 0 aliphatic carbocycles. The van der Waals surface area contributed by atoms with E-state index in [-0.39, 0.29) is 6.42 Å². The van der Waals surface area contributed by atoms with E-state index < -0.39 is 5.97 Å². The summed E-state index contributed by atoms with van der Waals surface area (Å²) in [5.74, 6) is 0.413. The third kappa shape index (κ3) is 3.65. The van der Waals surface area contributed by atoms with Crippen molar-refractivity contribution in [3.8, 4) is 5.75 Å². The van der Waals surface area contributed by atoms with E-state index in [0.29, 0.717) is 12.5 Å². The Hall–Kier alpha value is -1.71. The molecule has 0 saturated heterocycles. The molecule has 4 nitrogen and oxygen atoms in total. The third-order valence-electron chi connectivity index (χ3n) is 2.94. The zero-order valence-corrected chi connectivity index (χ0v) is 11.4. The van der Waals surface area contributed by atoms with Gasteiger partial charge in [0.05, 0.1) is 19.2 Å². The molecule has 0 saturated carbocycles. The Morgan fingerprint density at radius 2 is 2.11 bits per heavy atom. The molecule has 0 aliphatic heterocycles. The predicted octanol–water partition coefficient (Wildman–Crippen LogP) is 2.73. The topological polar surface area (TPSA) is 49.8 Å². The average Bonchev–Trinajstić information content (AvgIpc) is 2.34. The first kappa shape index (κ1) is 14.4. The number of carboxylic acids is 1. The summed E-state index contributed by atoms with van der Waals surface area (Å²) in [7, 11) is 3.50. The molecular formula is C14H21NO3. The van der Waals surface area contributed by atoms with Crippen LogP contribution in [0.3, 0.4) is 0 Å². The highest BCUT2D eigenvalue weighted by Crippen LogP contribution is 2.31. The second-order valence-electron chi connectivity index (χ2n) is 4.65. The lowest BCUT2D eigenvalue weighted by molar-refractivity contribution is -0.136. The smallest absolute Gasteiger partial charge is 0.305 e. The zero-order chi connectivity index (χ0) is 13.7. The highest BCUT2D eigenvalue weighted by Gasteiger charge is 2.11. The number of rotatable bonds is 6. The third-order valence-corrected chi connectivity index (χ3v) is 2.94. The van der Waals surface area contributed by atoms with Crippen LogP contribution in [0, 0.1) is 0 Å². The van der Waals surface area contributed by atoms with Crippen molar-refractivity contribution < 1.29 is 14.6 Å². The number of hydrogen-bond donors (Lipinski definition) is 1. The van der Waals surface area contributed by atoms with Crippen LogP contribution in [0.4, 0.5) is 5.69 Å². The monoisotopic (exact) mass is 251 g/mol. The number of aliphatic carboxylic acids is 1. The molecule has 0 aliphatic rings. The van der Waals surface area contributed by atoms with Crippen molar-refractivity contribution in [1.82, 2.24) is 0 Å². The molecule has 1 rings (SSSR count). The first-order valence-corrected chi connectivity index (χ1v) is 6.06. The molecule has 0 fully saturated rings. The van der Waals surface area contributed by atoms with Crippen molar-refractivity contribution in [1.29, 1.82) is 0 Å². The second-order valence-corrected chi connectivity index (χ2v) is 4.65. The standard InChI is InChI=1S/C14H21NO3/c1-10(2)11-5-6-13(18-4)12(9-11)15(3)8-7-14(16)17/h5-6,9-10H,7-8H2,1-4H3,(H,16,17). The maximum absolute atomic E-state index is 10.6. The van der Waals surface area contributed by atoms with E-state index in [0.717, 1.165) is 11.4 Å². The lowest BCUT2D eigenvalue weighted by atomic mass is 10.0. The van der Waals surface area contributed by atoms with E-state index in [2.05, 4.69) is 19.9 Å². The van der Waals surface area contributed by atoms with Crippen LogP contribution in [-0.2, 0) is 4.79 Å². The number of hydrogen-bond acceptors (Lipinski definition) is 3. The van der Waals surface area contributed by atoms with Crippen LogP contribution >= 0.6 is 0 Å². The summed E-state index contributed by atoms with van der Waals surface area (Å²) in [5, 5.41) is 8.72. The fraction of sp³-hybridized carbons (Fsp3) is 0.500. The average molecular weight is 251 g/mol. The van der Waals surface area contributed by atoms with E-state index >= 15 is 0 Å². The summed E-state index contributed by atoms with van der Waals surface area (Å²) in [6.45, 7) is 4.72. The number of methoxy groups -OCH3 is 1. The fourth-order valence-corrected chi connectivity index (χ4v) is 1.75. The number of anilines is 1. The molecule has 0 aromatic heterocycles. The minimum absolute atomic E-state index is 0.117. The number of carbonyl (C=O) groups is 1. The van der Waals surface area contributed by atoms with Gasteiger partial charge in [0.1, 0.15) is 5.75 Å². The molecular weight excluding hydrogens is 230 g/mol. The Morgan fingerprint density at radius 1 is 1.44 bits per heavy atom. The number of carboxylic acid groups (broad SMARTS) is 1. The van der Waals surface area contributed by atoms with Gasteiger partial charge >= 0.3 is 5.97 Å². The molecule has 0 spiro atoms. The van der Waals surface area contributed by atoms with Crippen molar-refractivity contribution in [2.75, 3.05) is 25.6 Å². The van der Waals surface area contributed by atoms with Gasteiger partial charge < -0.3 is 14.7 Å². The van der Waals surface area contributed by atoms with Crippen LogP contribution in [0.1, 0.15) is 31.7 Å². The quantitative estimate of drug-likeness (QED) is 0.844. The molecule has 1 aromatic carbocycles. The Bertz CT molecular complexity index is 416. The summed E-state index contributed by atoms with van der Waals surface area (Å²) >= 11 is 0. The van der Waals surface area contributed by atoms with Crippen LogP contribution in [0.25, 0.3) is 0 Å². The van der Waals surface area contributed by atoms with E-state index in [4.69, 9.17) is 9.84 Å². The molecule has 0 bridgehead atoms. The SMILES string of the molecule is COc1ccc(C(C)C)cc1N(C)CCC(=O)O. The molecule has 4 heteroatoms. The van der Waals surface area contributed by atoms with Crippen LogP contribution < -0.4 is 9.64 Å². The van der Waals surface area contributed by atoms with Gasteiger partial charge in [0.15, 0.2) is 0 Å². The van der Waals surface area contributed by atoms with Gasteiger partial charge in [-0.05, 0) is 23.6 Å². The normalized spacial score (nSPS) is 10.5. The maximum Gasteiger partial charge on any atom is 0.305 e. The molecule has 0 radical (unpaired) electrons. The molecule has 18 heavy (non-hydrogen) atoms. The van der Waals surface area contributed by atoms with Crippen LogP contribution in [-0.4, -0.2) is 31.8 Å². The minimum Gasteiger partial charge on any atom is -0.495 e. The maximum atomic E-state index is 10.6. The van der Waals surface area contributed by atoms with Crippen molar-refractivity contribution in [2.24, 2.45) is 0 Å². The van der Waals surface area contributed by atoms with Gasteiger partial charge in [0.25, 0.3) is 0 Å². The first-order chi connectivity index (χ1) is 8.45. The minimum atomic E-state index is -0.791. The van der Waals surface area contributed by atoms with Gasteiger partial charge in [0.2, 0.25) is 0 Å². The number of benzene rings is 1. The molecule has 0 heterocycles. The lowest BCUT2D eigenvalue weighted by Crippen LogP contribution is -2.21. The van der Waals surface area contributed by atoms with E-state index in [1.165, 1.54) is 5.56 Å². The van der Waals surface area contributed by atoms with Crippen LogP contribution in [0.2, 0.25) is 0 Å². The van der Waals surface area contributed by atoms with Crippen LogP contribution in [0.5, 0.6) is 5.75 Å². The summed E-state index contributed by atoms with van der Waals surface area (Å²) < 4.78 is 5.32. The zero-order valence-electron chi connectivity index (χ0n) is 11.4. The first-order valence-electron chi connectivity index (χ1n) is 6.06. The Kier molecular flexibility index (Phi) is 5.01. The van der Waals surface area contributed by atoms with Crippen LogP contribution in [0.15, 0.2) is 18.2 Å². The number of ether oxygens (including phenoxy) is 1. The lowest BCUT2D eigenvalue weighted by Gasteiger charge is -2.22. The molecule has 0 atom stereocenters. The highest BCUT2D eigenvalue weighted by molar-refractivity contribution is 5.68. The highest BCUT2D eigenvalue weighted by atomic mass is 16.5. The van der Waals surface area contributed by atoms with Gasteiger partial charge in [-0.15, -0.1) is 0 Å². The van der Waals surface area contributed by atoms with E-state index in [1.54, 1.807) is 7.11 Å². The van der Waals surface area contributed by atoms with Gasteiger partial charge in [-0.1, -0.05) is 19.9 Å². The van der Waals surface area contributed by atoms with Crippen molar-refractivity contribution in [2.45, 2.75) is 26.2 Å². The molecule has 1 N–H and O–H groups in total. The van der Waals surface area contributed by atoms with E-state index in [1.807, 2.05) is 24.1 Å². The van der Waals surface area contributed by atoms with Gasteiger partial charge in [-0.2, -0.15) is 0 Å². The number of nitrogens with zero attached hydrogens (tertiary/aromatic N) is 1. The van der Waals surface area contributed by atoms with Gasteiger partial charge in [-0.25, -0.2) is 0 Å². The fourth-order valence-electron chi connectivity index (χ4n) is 1.75. The Balaban J connectivity index is 2.96. The van der Waals surface area contributed by atoms with Gasteiger partial charge in [-0.3, -0.25) is 4.79 Å². The summed E-state index contributed by atoms with van der Waals surface area (Å²) in [6.07, 6.45) is 0.117. The summed E-state index contributed by atoms with van der Waals surface area (Å²) in [5.41, 5.74) is 2.15. The van der Waals surface area contributed by atoms with Crippen molar-refractivity contribution >= 4 is 11.7 Å². The largest absolute Gasteiger partial charge is 0.495 e. The van der Waals surface area contributed by atoms with E-state index in [9.17, 15) is 4.79 Å². The molecule has 1 aromatic rings. The molecule has 100 valence electrons. The molecule has 0 unspecified atom stereocenters. The Labute approximate surface area is 108 Å². The predicted molar refractivity (Wildman–Crippen MR) is 72.6 cm³/mol. The molecule has 0 amide bonds. The van der Waals surface area contributed by atoms with Crippen molar-refractivity contribution in [3.63, 3.8) is 0 Å². The Morgan fingerprint density at radius 3 is 2.61 bits per heavy atom. The summed E-state index contributed by atoms with van der Waals surface area (Å²) in [4.78, 5) is 12.5. The van der Waals surface area contributed by atoms with Crippen molar-refractivity contribution in [3.05, 3.63) is 23.8 Å². The summed E-state index contributed by atoms with van der Waals surface area (Å²) in [6, 6.07) is 6.03. The van der Waals surface area contributed by atoms with Gasteiger partial charge in [0, 0.05) is 13.6 Å². The second kappa shape index (κ2) is 6.28.